The van der Waals surface area contributed by atoms with Crippen LogP contribution >= 0.6 is 27.7 Å². The summed E-state index contributed by atoms with van der Waals surface area (Å²) >= 11 is 5.11. The van der Waals surface area contributed by atoms with Gasteiger partial charge >= 0.3 is 0 Å². The van der Waals surface area contributed by atoms with Gasteiger partial charge < -0.3 is 4.74 Å². The van der Waals surface area contributed by atoms with Crippen LogP contribution in [0.25, 0.3) is 16.9 Å². The summed E-state index contributed by atoms with van der Waals surface area (Å²) in [6.45, 7) is 0. The minimum absolute atomic E-state index is 0.692. The molecular weight excluding hydrogens is 398 g/mol. The number of nitrogens with zero attached hydrogens (tertiary/aromatic N) is 3. The van der Waals surface area contributed by atoms with Crippen molar-refractivity contribution in [2.75, 3.05) is 7.11 Å². The van der Waals surface area contributed by atoms with Crippen molar-refractivity contribution in [3.8, 4) is 16.9 Å². The van der Waals surface area contributed by atoms with E-state index in [0.29, 0.717) is 5.78 Å². The van der Waals surface area contributed by atoms with Crippen LogP contribution in [-0.2, 0) is 0 Å². The first-order chi connectivity index (χ1) is 12.2. The molecule has 0 saturated carbocycles. The number of benzene rings is 2. The van der Waals surface area contributed by atoms with Crippen molar-refractivity contribution in [1.82, 2.24) is 14.4 Å². The van der Waals surface area contributed by atoms with Crippen LogP contribution in [-0.4, -0.2) is 21.5 Å². The Balaban J connectivity index is 1.69. The summed E-state index contributed by atoms with van der Waals surface area (Å²) in [5.74, 6) is 1.54. The quantitative estimate of drug-likeness (QED) is 0.455. The number of hydrogen-bond donors (Lipinski definition) is 0. The molecule has 0 N–H and O–H groups in total. The summed E-state index contributed by atoms with van der Waals surface area (Å²) in [6, 6.07) is 16.2. The Morgan fingerprint density at radius 3 is 2.36 bits per heavy atom. The highest BCUT2D eigenvalue weighted by Gasteiger charge is 2.08. The molecule has 2 heterocycles. The lowest BCUT2D eigenvalue weighted by atomic mass is 10.1. The highest BCUT2D eigenvalue weighted by Crippen LogP contribution is 2.30. The van der Waals surface area contributed by atoms with Crippen molar-refractivity contribution in [2.24, 2.45) is 0 Å². The third-order valence-corrected chi connectivity index (χ3v) is 5.34. The van der Waals surface area contributed by atoms with E-state index >= 15 is 0 Å². The van der Waals surface area contributed by atoms with Gasteiger partial charge in [-0.1, -0.05) is 39.8 Å². The molecular formula is C19H14BrN3OS. The molecule has 0 aliphatic carbocycles. The minimum Gasteiger partial charge on any atom is -0.497 e. The maximum atomic E-state index is 5.21. The van der Waals surface area contributed by atoms with Crippen LogP contribution < -0.4 is 4.74 Å². The van der Waals surface area contributed by atoms with Gasteiger partial charge in [0.05, 0.1) is 13.3 Å². The highest BCUT2D eigenvalue weighted by molar-refractivity contribution is 9.10. The lowest BCUT2D eigenvalue weighted by Gasteiger charge is -2.06. The van der Waals surface area contributed by atoms with Gasteiger partial charge in [-0.2, -0.15) is 0 Å². The Labute approximate surface area is 158 Å². The van der Waals surface area contributed by atoms with E-state index in [1.54, 1.807) is 18.9 Å². The van der Waals surface area contributed by atoms with Crippen molar-refractivity contribution in [1.29, 1.82) is 0 Å². The molecule has 0 aliphatic heterocycles. The molecule has 0 spiro atoms. The summed E-state index contributed by atoms with van der Waals surface area (Å²) in [7, 11) is 1.67. The lowest BCUT2D eigenvalue weighted by molar-refractivity contribution is 0.414. The van der Waals surface area contributed by atoms with E-state index in [2.05, 4.69) is 44.2 Å². The fourth-order valence-electron chi connectivity index (χ4n) is 2.48. The highest BCUT2D eigenvalue weighted by atomic mass is 79.9. The molecule has 0 atom stereocenters. The zero-order valence-electron chi connectivity index (χ0n) is 13.4. The molecule has 4 nitrogen and oxygen atoms in total. The Morgan fingerprint density at radius 2 is 1.64 bits per heavy atom. The number of methoxy groups -OCH3 is 1. The van der Waals surface area contributed by atoms with Crippen LogP contribution in [0.3, 0.4) is 0 Å². The summed E-state index contributed by atoms with van der Waals surface area (Å²) in [5.41, 5.74) is 2.17. The molecule has 2 aromatic carbocycles. The van der Waals surface area contributed by atoms with Gasteiger partial charge in [0.25, 0.3) is 0 Å². The molecule has 6 heteroatoms. The van der Waals surface area contributed by atoms with E-state index in [1.165, 1.54) is 0 Å². The number of ether oxygens (including phenoxy) is 1. The van der Waals surface area contributed by atoms with Crippen molar-refractivity contribution in [2.45, 2.75) is 9.92 Å². The second kappa shape index (κ2) is 6.90. The smallest absolute Gasteiger partial charge is 0.234 e. The number of hydrogen-bond acceptors (Lipinski definition) is 4. The third-order valence-electron chi connectivity index (χ3n) is 3.79. The van der Waals surface area contributed by atoms with Gasteiger partial charge in [0.2, 0.25) is 5.78 Å². The van der Waals surface area contributed by atoms with E-state index in [-0.39, 0.29) is 0 Å². The maximum absolute atomic E-state index is 5.21. The first kappa shape index (κ1) is 16.2. The van der Waals surface area contributed by atoms with Crippen molar-refractivity contribution >= 4 is 33.5 Å². The van der Waals surface area contributed by atoms with Crippen molar-refractivity contribution in [3.05, 3.63) is 71.6 Å². The second-order valence-electron chi connectivity index (χ2n) is 5.39. The fourth-order valence-corrected chi connectivity index (χ4v) is 3.60. The zero-order valence-corrected chi connectivity index (χ0v) is 15.8. The molecule has 0 bridgehead atoms. The molecule has 0 unspecified atom stereocenters. The zero-order chi connectivity index (χ0) is 17.2. The summed E-state index contributed by atoms with van der Waals surface area (Å²) in [6.07, 6.45) is 5.78. The van der Waals surface area contributed by atoms with E-state index in [4.69, 9.17) is 4.74 Å². The molecule has 4 rings (SSSR count). The van der Waals surface area contributed by atoms with Crippen LogP contribution in [0.15, 0.2) is 81.5 Å². The Hall–Kier alpha value is -2.31. The SMILES string of the molecule is COc1ccc(Sc2cnc3ncc(-c4ccc(Br)cc4)cn23)cc1. The van der Waals surface area contributed by atoms with Crippen LogP contribution in [0.2, 0.25) is 0 Å². The van der Waals surface area contributed by atoms with Gasteiger partial charge in [0.15, 0.2) is 0 Å². The van der Waals surface area contributed by atoms with Gasteiger partial charge in [0.1, 0.15) is 10.8 Å². The Morgan fingerprint density at radius 1 is 0.920 bits per heavy atom. The van der Waals surface area contributed by atoms with Gasteiger partial charge in [-0.25, -0.2) is 9.97 Å². The van der Waals surface area contributed by atoms with Crippen LogP contribution in [0.5, 0.6) is 5.75 Å². The number of imidazole rings is 1. The molecule has 0 fully saturated rings. The summed E-state index contributed by atoms with van der Waals surface area (Å²) < 4.78 is 8.29. The molecule has 0 aliphatic rings. The number of rotatable bonds is 4. The van der Waals surface area contributed by atoms with Crippen molar-refractivity contribution in [3.63, 3.8) is 0 Å². The molecule has 4 aromatic rings. The molecule has 0 amide bonds. The van der Waals surface area contributed by atoms with Gasteiger partial charge in [-0.3, -0.25) is 4.40 Å². The van der Waals surface area contributed by atoms with E-state index in [1.807, 2.05) is 53.2 Å². The van der Waals surface area contributed by atoms with Crippen LogP contribution in [0.4, 0.5) is 0 Å². The predicted molar refractivity (Wildman–Crippen MR) is 103 cm³/mol. The normalized spacial score (nSPS) is 11.0. The number of aromatic nitrogens is 3. The van der Waals surface area contributed by atoms with Crippen LogP contribution in [0.1, 0.15) is 0 Å². The average molecular weight is 412 g/mol. The minimum atomic E-state index is 0.692. The summed E-state index contributed by atoms with van der Waals surface area (Å²) in [5, 5.41) is 1.02. The van der Waals surface area contributed by atoms with Crippen molar-refractivity contribution < 1.29 is 4.74 Å². The Bertz CT molecular complexity index is 1010. The first-order valence-corrected chi connectivity index (χ1v) is 9.25. The van der Waals surface area contributed by atoms with Gasteiger partial charge in [-0.05, 0) is 42.0 Å². The predicted octanol–water partition coefficient (Wildman–Crippen LogP) is 5.32. The fraction of sp³-hybridized carbons (Fsp3) is 0.0526. The third kappa shape index (κ3) is 3.41. The number of halogens is 1. The number of fused-ring (bicyclic) bond motifs is 1. The topological polar surface area (TPSA) is 39.4 Å². The lowest BCUT2D eigenvalue weighted by Crippen LogP contribution is -1.92. The second-order valence-corrected chi connectivity index (χ2v) is 7.40. The molecule has 2 aromatic heterocycles. The molecule has 0 saturated heterocycles. The molecule has 25 heavy (non-hydrogen) atoms. The standard InChI is InChI=1S/C19H14BrN3OS/c1-24-16-6-8-17(9-7-16)25-18-11-22-19-21-10-14(12-23(18)19)13-2-4-15(20)5-3-13/h2-12H,1H3. The largest absolute Gasteiger partial charge is 0.497 e. The van der Waals surface area contributed by atoms with E-state index < -0.39 is 0 Å². The van der Waals surface area contributed by atoms with Crippen LogP contribution in [0, 0.1) is 0 Å². The Kier molecular flexibility index (Phi) is 4.46. The maximum Gasteiger partial charge on any atom is 0.234 e. The monoisotopic (exact) mass is 411 g/mol. The average Bonchev–Trinajstić information content (AvgIpc) is 3.05. The molecule has 0 radical (unpaired) electrons. The van der Waals surface area contributed by atoms with Gasteiger partial charge in [-0.15, -0.1) is 0 Å². The van der Waals surface area contributed by atoms with E-state index in [0.717, 1.165) is 31.3 Å². The van der Waals surface area contributed by atoms with E-state index in [9.17, 15) is 0 Å². The summed E-state index contributed by atoms with van der Waals surface area (Å²) in [4.78, 5) is 9.99. The first-order valence-electron chi connectivity index (χ1n) is 7.64. The van der Waals surface area contributed by atoms with Gasteiger partial charge in [0, 0.05) is 27.3 Å². The molecule has 124 valence electrons.